The minimum Gasteiger partial charge on any atom is -0.302 e. The molecule has 0 fully saturated rings. The molecule has 6 heteroatoms. The summed E-state index contributed by atoms with van der Waals surface area (Å²) in [4.78, 5) is 4.20. The highest BCUT2D eigenvalue weighted by atomic mass is 32.1. The summed E-state index contributed by atoms with van der Waals surface area (Å²) in [6.07, 6.45) is -2.57. The normalized spacial score (nSPS) is 14.1. The number of thiophene rings is 1. The van der Waals surface area contributed by atoms with Crippen molar-refractivity contribution in [2.45, 2.75) is 19.1 Å². The van der Waals surface area contributed by atoms with Crippen LogP contribution >= 0.6 is 11.3 Å². The van der Waals surface area contributed by atoms with E-state index >= 15 is 0 Å². The Morgan fingerprint density at radius 3 is 2.94 bits per heavy atom. The predicted octanol–water partition coefficient (Wildman–Crippen LogP) is 3.51. The highest BCUT2D eigenvalue weighted by Gasteiger charge is 2.27. The number of aromatic nitrogens is 1. The molecule has 1 unspecified atom stereocenters. The van der Waals surface area contributed by atoms with Crippen molar-refractivity contribution in [1.29, 1.82) is 0 Å². The van der Waals surface area contributed by atoms with Gasteiger partial charge in [-0.15, -0.1) is 11.3 Å². The molecule has 2 heterocycles. The van der Waals surface area contributed by atoms with E-state index in [2.05, 4.69) is 10.3 Å². The van der Waals surface area contributed by atoms with Crippen molar-refractivity contribution in [3.63, 3.8) is 0 Å². The van der Waals surface area contributed by atoms with Gasteiger partial charge in [0.15, 0.2) is 0 Å². The average molecular weight is 260 g/mol. The molecule has 0 aromatic carbocycles. The van der Waals surface area contributed by atoms with Gasteiger partial charge in [-0.2, -0.15) is 13.2 Å². The molecule has 0 saturated carbocycles. The van der Waals surface area contributed by atoms with Gasteiger partial charge in [0.25, 0.3) is 0 Å². The third-order valence-corrected chi connectivity index (χ3v) is 3.29. The van der Waals surface area contributed by atoms with Crippen LogP contribution in [0.3, 0.4) is 0 Å². The van der Waals surface area contributed by atoms with Crippen LogP contribution in [-0.2, 0) is 0 Å². The lowest BCUT2D eigenvalue weighted by Gasteiger charge is -2.15. The Bertz CT molecular complexity index is 507. The maximum Gasteiger partial charge on any atom is 0.401 e. The first-order valence-electron chi connectivity index (χ1n) is 5.09. The van der Waals surface area contributed by atoms with Crippen LogP contribution in [0.1, 0.15) is 18.5 Å². The number of nitrogens with zero attached hydrogens (tertiary/aromatic N) is 1. The molecule has 0 aliphatic rings. The lowest BCUT2D eigenvalue weighted by atomic mass is 10.1. The molecule has 2 nitrogen and oxygen atoms in total. The Hall–Kier alpha value is -1.14. The smallest absolute Gasteiger partial charge is 0.302 e. The quantitative estimate of drug-likeness (QED) is 0.913. The third-order valence-electron chi connectivity index (χ3n) is 2.43. The SMILES string of the molecule is CC(NCC(F)(F)F)c1cnc2ccsc2c1. The van der Waals surface area contributed by atoms with Crippen LogP contribution in [0.4, 0.5) is 13.2 Å². The highest BCUT2D eigenvalue weighted by molar-refractivity contribution is 7.17. The van der Waals surface area contributed by atoms with E-state index in [-0.39, 0.29) is 6.04 Å². The molecule has 0 spiro atoms. The first-order valence-corrected chi connectivity index (χ1v) is 5.97. The van der Waals surface area contributed by atoms with Crippen molar-refractivity contribution >= 4 is 21.6 Å². The fourth-order valence-corrected chi connectivity index (χ4v) is 2.27. The molecule has 1 atom stereocenters. The zero-order valence-corrected chi connectivity index (χ0v) is 9.90. The fourth-order valence-electron chi connectivity index (χ4n) is 1.49. The second-order valence-electron chi connectivity index (χ2n) is 3.79. The van der Waals surface area contributed by atoms with Gasteiger partial charge in [0.05, 0.1) is 16.8 Å². The van der Waals surface area contributed by atoms with E-state index in [1.54, 1.807) is 13.1 Å². The monoisotopic (exact) mass is 260 g/mol. The highest BCUT2D eigenvalue weighted by Crippen LogP contribution is 2.23. The van der Waals surface area contributed by atoms with E-state index < -0.39 is 12.7 Å². The predicted molar refractivity (Wildman–Crippen MR) is 62.1 cm³/mol. The summed E-state index contributed by atoms with van der Waals surface area (Å²) in [5, 5.41) is 4.35. The van der Waals surface area contributed by atoms with Crippen molar-refractivity contribution in [1.82, 2.24) is 10.3 Å². The second kappa shape index (κ2) is 4.62. The van der Waals surface area contributed by atoms with E-state index in [0.29, 0.717) is 0 Å². The molecule has 92 valence electrons. The number of hydrogen-bond donors (Lipinski definition) is 1. The second-order valence-corrected chi connectivity index (χ2v) is 4.74. The molecule has 2 aromatic heterocycles. The van der Waals surface area contributed by atoms with E-state index in [1.807, 2.05) is 17.5 Å². The number of fused-ring (bicyclic) bond motifs is 1. The number of halogens is 3. The number of rotatable bonds is 3. The number of alkyl halides is 3. The van der Waals surface area contributed by atoms with Crippen LogP contribution < -0.4 is 5.32 Å². The van der Waals surface area contributed by atoms with Gasteiger partial charge in [0.1, 0.15) is 0 Å². The van der Waals surface area contributed by atoms with Crippen LogP contribution in [-0.4, -0.2) is 17.7 Å². The minimum absolute atomic E-state index is 0.365. The van der Waals surface area contributed by atoms with E-state index in [1.165, 1.54) is 11.3 Å². The van der Waals surface area contributed by atoms with Crippen LogP contribution in [0.25, 0.3) is 10.2 Å². The summed E-state index contributed by atoms with van der Waals surface area (Å²) >= 11 is 1.53. The third kappa shape index (κ3) is 3.17. The largest absolute Gasteiger partial charge is 0.401 e. The van der Waals surface area contributed by atoms with Gasteiger partial charge in [-0.3, -0.25) is 4.98 Å². The first kappa shape index (κ1) is 12.3. The molecule has 0 saturated heterocycles. The van der Waals surface area contributed by atoms with Crippen LogP contribution in [0.15, 0.2) is 23.7 Å². The van der Waals surface area contributed by atoms with Gasteiger partial charge in [0, 0.05) is 12.2 Å². The molecule has 0 amide bonds. The van der Waals surface area contributed by atoms with Crippen molar-refractivity contribution in [2.75, 3.05) is 6.54 Å². The molecule has 2 aromatic rings. The zero-order valence-electron chi connectivity index (χ0n) is 9.08. The number of pyridine rings is 1. The lowest BCUT2D eigenvalue weighted by Crippen LogP contribution is -2.30. The Morgan fingerprint density at radius 1 is 1.47 bits per heavy atom. The molecular formula is C11H11F3N2S. The maximum absolute atomic E-state index is 12.1. The van der Waals surface area contributed by atoms with Crippen molar-refractivity contribution in [3.8, 4) is 0 Å². The lowest BCUT2D eigenvalue weighted by molar-refractivity contribution is -0.126. The Kier molecular flexibility index (Phi) is 3.35. The Labute approximate surface area is 100 Å². The molecular weight excluding hydrogens is 249 g/mol. The van der Waals surface area contributed by atoms with Crippen LogP contribution in [0.5, 0.6) is 0 Å². The molecule has 17 heavy (non-hydrogen) atoms. The molecule has 0 bridgehead atoms. The van der Waals surface area contributed by atoms with Crippen molar-refractivity contribution in [3.05, 3.63) is 29.3 Å². The standard InChI is InChI=1S/C11H11F3N2S/c1-7(16-6-11(12,13)14)8-4-10-9(15-5-8)2-3-17-10/h2-5,7,16H,6H2,1H3. The number of nitrogens with one attached hydrogen (secondary N) is 1. The average Bonchev–Trinajstić information content (AvgIpc) is 2.71. The van der Waals surface area contributed by atoms with Crippen LogP contribution in [0.2, 0.25) is 0 Å². The van der Waals surface area contributed by atoms with E-state index in [0.717, 1.165) is 15.8 Å². The van der Waals surface area contributed by atoms with Crippen LogP contribution in [0, 0.1) is 0 Å². The van der Waals surface area contributed by atoms with Crippen molar-refractivity contribution in [2.24, 2.45) is 0 Å². The molecule has 1 N–H and O–H groups in total. The van der Waals surface area contributed by atoms with E-state index in [4.69, 9.17) is 0 Å². The topological polar surface area (TPSA) is 24.9 Å². The van der Waals surface area contributed by atoms with Gasteiger partial charge in [0.2, 0.25) is 0 Å². The Morgan fingerprint density at radius 2 is 2.24 bits per heavy atom. The summed E-state index contributed by atoms with van der Waals surface area (Å²) in [6.45, 7) is 0.707. The maximum atomic E-state index is 12.1. The molecule has 0 aliphatic carbocycles. The summed E-state index contributed by atoms with van der Waals surface area (Å²) in [5.74, 6) is 0. The van der Waals surface area contributed by atoms with Gasteiger partial charge in [-0.1, -0.05) is 0 Å². The summed E-state index contributed by atoms with van der Waals surface area (Å²) in [6, 6.07) is 3.40. The van der Waals surface area contributed by atoms with Gasteiger partial charge < -0.3 is 5.32 Å². The van der Waals surface area contributed by atoms with Gasteiger partial charge in [-0.05, 0) is 30.0 Å². The van der Waals surface area contributed by atoms with Gasteiger partial charge >= 0.3 is 6.18 Å². The summed E-state index contributed by atoms with van der Waals surface area (Å²) in [5.41, 5.74) is 1.64. The van der Waals surface area contributed by atoms with Gasteiger partial charge in [-0.25, -0.2) is 0 Å². The molecule has 2 rings (SSSR count). The fraction of sp³-hybridized carbons (Fsp3) is 0.364. The first-order chi connectivity index (χ1) is 7.96. The minimum atomic E-state index is -4.19. The number of hydrogen-bond acceptors (Lipinski definition) is 3. The molecule has 0 aliphatic heterocycles. The summed E-state index contributed by atoms with van der Waals surface area (Å²) < 4.78 is 37.2. The summed E-state index contributed by atoms with van der Waals surface area (Å²) in [7, 11) is 0. The Balaban J connectivity index is 2.10. The molecule has 0 radical (unpaired) electrons. The zero-order chi connectivity index (χ0) is 12.5. The van der Waals surface area contributed by atoms with Crippen molar-refractivity contribution < 1.29 is 13.2 Å². The van der Waals surface area contributed by atoms with E-state index in [9.17, 15) is 13.2 Å².